The Morgan fingerprint density at radius 3 is 2.83 bits per heavy atom. The molecular formula is C18H24BrN5. The highest BCUT2D eigenvalue weighted by molar-refractivity contribution is 9.10. The number of hydrogen-bond acceptors (Lipinski definition) is 4. The Kier molecular flexibility index (Phi) is 4.70. The van der Waals surface area contributed by atoms with Crippen LogP contribution in [0.15, 0.2) is 22.7 Å². The van der Waals surface area contributed by atoms with Gasteiger partial charge < -0.3 is 9.88 Å². The molecule has 0 spiro atoms. The highest BCUT2D eigenvalue weighted by atomic mass is 79.9. The van der Waals surface area contributed by atoms with E-state index in [1.807, 2.05) is 0 Å². The second-order valence-corrected chi connectivity index (χ2v) is 7.79. The third-order valence-electron chi connectivity index (χ3n) is 5.25. The van der Waals surface area contributed by atoms with Crippen molar-refractivity contribution in [2.45, 2.75) is 45.3 Å². The minimum atomic E-state index is 0.561. The number of nitrogens with zero attached hydrogens (tertiary/aromatic N) is 4. The molecule has 2 aliphatic heterocycles. The summed E-state index contributed by atoms with van der Waals surface area (Å²) in [6.07, 6.45) is 2.36. The van der Waals surface area contributed by atoms with E-state index in [0.717, 1.165) is 45.1 Å². The minimum Gasteiger partial charge on any atom is -0.312 e. The van der Waals surface area contributed by atoms with Gasteiger partial charge in [0.15, 0.2) is 0 Å². The van der Waals surface area contributed by atoms with Crippen LogP contribution in [0.3, 0.4) is 0 Å². The molecule has 0 atom stereocenters. The summed E-state index contributed by atoms with van der Waals surface area (Å²) in [4.78, 5) is 2.56. The van der Waals surface area contributed by atoms with E-state index in [-0.39, 0.29) is 0 Å². The molecule has 128 valence electrons. The Labute approximate surface area is 151 Å². The molecule has 4 rings (SSSR count). The van der Waals surface area contributed by atoms with E-state index in [4.69, 9.17) is 0 Å². The highest BCUT2D eigenvalue weighted by Gasteiger charge is 2.26. The van der Waals surface area contributed by atoms with Gasteiger partial charge in [0.05, 0.1) is 6.54 Å². The van der Waals surface area contributed by atoms with E-state index in [2.05, 4.69) is 66.0 Å². The zero-order chi connectivity index (χ0) is 16.5. The van der Waals surface area contributed by atoms with E-state index < -0.39 is 0 Å². The molecule has 0 bridgehead atoms. The van der Waals surface area contributed by atoms with Crippen molar-refractivity contribution in [3.8, 4) is 0 Å². The van der Waals surface area contributed by atoms with E-state index in [0.29, 0.717) is 5.92 Å². The van der Waals surface area contributed by atoms with Crippen LogP contribution in [-0.4, -0.2) is 39.3 Å². The van der Waals surface area contributed by atoms with Gasteiger partial charge in [0.1, 0.15) is 11.6 Å². The first-order valence-corrected chi connectivity index (χ1v) is 9.60. The van der Waals surface area contributed by atoms with E-state index in [1.54, 1.807) is 0 Å². The summed E-state index contributed by atoms with van der Waals surface area (Å²) >= 11 is 3.64. The lowest BCUT2D eigenvalue weighted by Gasteiger charge is -2.32. The molecule has 1 aromatic carbocycles. The van der Waals surface area contributed by atoms with Gasteiger partial charge in [-0.1, -0.05) is 28.1 Å². The molecule has 6 heteroatoms. The summed E-state index contributed by atoms with van der Waals surface area (Å²) in [5.74, 6) is 2.87. The molecule has 3 heterocycles. The van der Waals surface area contributed by atoms with Crippen molar-refractivity contribution in [2.24, 2.45) is 0 Å². The number of rotatable bonds is 3. The summed E-state index contributed by atoms with van der Waals surface area (Å²) in [7, 11) is 0. The number of fused-ring (bicyclic) bond motifs is 1. The smallest absolute Gasteiger partial charge is 0.147 e. The van der Waals surface area contributed by atoms with Crippen LogP contribution in [0.2, 0.25) is 0 Å². The Balaban J connectivity index is 1.38. The fraction of sp³-hybridized carbons (Fsp3) is 0.556. The highest BCUT2D eigenvalue weighted by Crippen LogP contribution is 2.29. The maximum Gasteiger partial charge on any atom is 0.147 e. The zero-order valence-corrected chi connectivity index (χ0v) is 15.7. The fourth-order valence-corrected chi connectivity index (χ4v) is 4.19. The van der Waals surface area contributed by atoms with E-state index in [9.17, 15) is 0 Å². The summed E-state index contributed by atoms with van der Waals surface area (Å²) in [5, 5.41) is 12.2. The molecule has 1 aromatic heterocycles. The van der Waals surface area contributed by atoms with E-state index >= 15 is 0 Å². The van der Waals surface area contributed by atoms with Crippen LogP contribution in [0, 0.1) is 6.92 Å². The van der Waals surface area contributed by atoms with Crippen LogP contribution in [0.4, 0.5) is 0 Å². The molecule has 1 fully saturated rings. The molecule has 0 unspecified atom stereocenters. The van der Waals surface area contributed by atoms with Crippen molar-refractivity contribution in [3.05, 3.63) is 45.4 Å². The predicted octanol–water partition coefficient (Wildman–Crippen LogP) is 2.83. The molecule has 24 heavy (non-hydrogen) atoms. The Morgan fingerprint density at radius 1 is 1.21 bits per heavy atom. The first-order valence-electron chi connectivity index (χ1n) is 8.81. The molecule has 0 saturated carbocycles. The predicted molar refractivity (Wildman–Crippen MR) is 97.9 cm³/mol. The van der Waals surface area contributed by atoms with Gasteiger partial charge in [0.25, 0.3) is 0 Å². The summed E-state index contributed by atoms with van der Waals surface area (Å²) < 4.78 is 3.55. The lowest BCUT2D eigenvalue weighted by atomic mass is 9.95. The van der Waals surface area contributed by atoms with Crippen LogP contribution in [0.25, 0.3) is 0 Å². The van der Waals surface area contributed by atoms with Gasteiger partial charge in [-0.2, -0.15) is 0 Å². The van der Waals surface area contributed by atoms with Gasteiger partial charge in [0, 0.05) is 30.0 Å². The molecule has 0 aliphatic carbocycles. The standard InChI is InChI=1S/C18H24BrN5/c1-13-2-3-14(10-16(13)19)12-23-7-4-15(5-8-23)18-22-21-17-11-20-6-9-24(17)18/h2-3,10,15,20H,4-9,11-12H2,1H3. The van der Waals surface area contributed by atoms with Crippen molar-refractivity contribution < 1.29 is 0 Å². The van der Waals surface area contributed by atoms with Crippen LogP contribution in [-0.2, 0) is 19.6 Å². The van der Waals surface area contributed by atoms with Gasteiger partial charge in [0.2, 0.25) is 0 Å². The van der Waals surface area contributed by atoms with Crippen molar-refractivity contribution in [2.75, 3.05) is 19.6 Å². The van der Waals surface area contributed by atoms with Crippen LogP contribution in [0.5, 0.6) is 0 Å². The fourth-order valence-electron chi connectivity index (χ4n) is 3.76. The number of nitrogens with one attached hydrogen (secondary N) is 1. The van der Waals surface area contributed by atoms with E-state index in [1.165, 1.54) is 34.3 Å². The summed E-state index contributed by atoms with van der Waals surface area (Å²) in [5.41, 5.74) is 2.68. The number of likely N-dealkylation sites (tertiary alicyclic amines) is 1. The average Bonchev–Trinajstić information content (AvgIpc) is 3.03. The molecular weight excluding hydrogens is 366 g/mol. The third kappa shape index (κ3) is 3.27. The molecule has 1 N–H and O–H groups in total. The van der Waals surface area contributed by atoms with Crippen LogP contribution >= 0.6 is 15.9 Å². The second-order valence-electron chi connectivity index (χ2n) is 6.94. The average molecular weight is 390 g/mol. The number of aromatic nitrogens is 3. The first kappa shape index (κ1) is 16.2. The molecule has 2 aliphatic rings. The number of benzene rings is 1. The maximum atomic E-state index is 4.50. The SMILES string of the molecule is Cc1ccc(CN2CCC(c3nnc4n3CCNC4)CC2)cc1Br. The quantitative estimate of drug-likeness (QED) is 0.876. The summed E-state index contributed by atoms with van der Waals surface area (Å²) in [6.45, 7) is 8.33. The minimum absolute atomic E-state index is 0.561. The molecule has 5 nitrogen and oxygen atoms in total. The number of halogens is 1. The molecule has 0 amide bonds. The topological polar surface area (TPSA) is 46.0 Å². The first-order chi connectivity index (χ1) is 11.7. The Bertz CT molecular complexity index is 718. The van der Waals surface area contributed by atoms with Gasteiger partial charge in [-0.25, -0.2) is 0 Å². The number of piperidine rings is 1. The van der Waals surface area contributed by atoms with Gasteiger partial charge in [-0.05, 0) is 50.0 Å². The lowest BCUT2D eigenvalue weighted by molar-refractivity contribution is 0.199. The van der Waals surface area contributed by atoms with Crippen molar-refractivity contribution in [1.82, 2.24) is 25.0 Å². The largest absolute Gasteiger partial charge is 0.312 e. The molecule has 0 radical (unpaired) electrons. The normalized spacial score (nSPS) is 19.4. The van der Waals surface area contributed by atoms with Crippen molar-refractivity contribution in [1.29, 1.82) is 0 Å². The van der Waals surface area contributed by atoms with Gasteiger partial charge >= 0.3 is 0 Å². The van der Waals surface area contributed by atoms with Crippen molar-refractivity contribution in [3.63, 3.8) is 0 Å². The Hall–Kier alpha value is -1.24. The molecule has 2 aromatic rings. The van der Waals surface area contributed by atoms with Crippen molar-refractivity contribution >= 4 is 15.9 Å². The maximum absolute atomic E-state index is 4.50. The lowest BCUT2D eigenvalue weighted by Crippen LogP contribution is -2.34. The number of hydrogen-bond donors (Lipinski definition) is 1. The second kappa shape index (κ2) is 6.94. The third-order valence-corrected chi connectivity index (χ3v) is 6.10. The van der Waals surface area contributed by atoms with Crippen LogP contribution < -0.4 is 5.32 Å². The van der Waals surface area contributed by atoms with Gasteiger partial charge in [-0.3, -0.25) is 4.90 Å². The monoisotopic (exact) mass is 389 g/mol. The molecule has 1 saturated heterocycles. The van der Waals surface area contributed by atoms with Gasteiger partial charge in [-0.15, -0.1) is 10.2 Å². The van der Waals surface area contributed by atoms with Crippen LogP contribution in [0.1, 0.15) is 41.5 Å². The number of aryl methyl sites for hydroxylation is 1. The Morgan fingerprint density at radius 2 is 2.04 bits per heavy atom. The zero-order valence-electron chi connectivity index (χ0n) is 14.1. The summed E-state index contributed by atoms with van der Waals surface area (Å²) in [6, 6.07) is 6.69.